The fourth-order valence-electron chi connectivity index (χ4n) is 3.19. The van der Waals surface area contributed by atoms with Crippen LogP contribution in [0.4, 0.5) is 0 Å². The number of aliphatic hydroxyl groups excluding tert-OH is 1. The largest absolute Gasteiger partial charge is 0.481 e. The van der Waals surface area contributed by atoms with Gasteiger partial charge in [-0.3, -0.25) is 9.69 Å². The lowest BCUT2D eigenvalue weighted by Gasteiger charge is -2.41. The van der Waals surface area contributed by atoms with Crippen molar-refractivity contribution in [2.24, 2.45) is 11.8 Å². The van der Waals surface area contributed by atoms with E-state index in [-0.39, 0.29) is 12.0 Å². The summed E-state index contributed by atoms with van der Waals surface area (Å²) in [5.41, 5.74) is 0. The van der Waals surface area contributed by atoms with Crippen molar-refractivity contribution in [3.8, 4) is 0 Å². The van der Waals surface area contributed by atoms with Gasteiger partial charge in [0.2, 0.25) is 0 Å². The predicted molar refractivity (Wildman–Crippen MR) is 64.7 cm³/mol. The third kappa shape index (κ3) is 2.99. The molecule has 1 aliphatic heterocycles. The Labute approximate surface area is 103 Å². The molecule has 0 aromatic carbocycles. The van der Waals surface area contributed by atoms with E-state index in [0.717, 1.165) is 45.2 Å². The minimum atomic E-state index is -0.633. The lowest BCUT2D eigenvalue weighted by atomic mass is 9.84. The van der Waals surface area contributed by atoms with Gasteiger partial charge in [-0.1, -0.05) is 6.92 Å². The van der Waals surface area contributed by atoms with Gasteiger partial charge in [-0.05, 0) is 38.0 Å². The number of aliphatic carboxylic acids is 1. The number of carboxylic acids is 1. The van der Waals surface area contributed by atoms with Crippen LogP contribution in [0.25, 0.3) is 0 Å². The fraction of sp³-hybridized carbons (Fsp3) is 0.923. The number of likely N-dealkylation sites (tertiary alicyclic amines) is 1. The smallest absolute Gasteiger partial charge is 0.306 e. The molecule has 1 heterocycles. The van der Waals surface area contributed by atoms with Gasteiger partial charge in [0.15, 0.2) is 0 Å². The summed E-state index contributed by atoms with van der Waals surface area (Å²) in [5.74, 6) is -0.411. The Morgan fingerprint density at radius 3 is 2.35 bits per heavy atom. The molecule has 2 N–H and O–H groups in total. The first-order valence-corrected chi connectivity index (χ1v) is 6.73. The molecule has 0 radical (unpaired) electrons. The third-order valence-corrected chi connectivity index (χ3v) is 4.45. The average molecular weight is 241 g/mol. The van der Waals surface area contributed by atoms with E-state index >= 15 is 0 Å². The maximum absolute atomic E-state index is 10.9. The van der Waals surface area contributed by atoms with Crippen molar-refractivity contribution < 1.29 is 15.0 Å². The van der Waals surface area contributed by atoms with Gasteiger partial charge in [0, 0.05) is 19.1 Å². The van der Waals surface area contributed by atoms with Crippen molar-refractivity contribution in [1.82, 2.24) is 4.90 Å². The SMILES string of the molecule is C[C@H]1CN(C2CCC(C(=O)O)CC2)CC[C@@H]1O. The second-order valence-electron chi connectivity index (χ2n) is 5.67. The topological polar surface area (TPSA) is 60.8 Å². The molecule has 2 rings (SSSR count). The van der Waals surface area contributed by atoms with Gasteiger partial charge < -0.3 is 10.2 Å². The van der Waals surface area contributed by atoms with Crippen molar-refractivity contribution in [2.45, 2.75) is 51.2 Å². The first-order valence-electron chi connectivity index (χ1n) is 6.73. The van der Waals surface area contributed by atoms with Gasteiger partial charge in [-0.2, -0.15) is 0 Å². The maximum atomic E-state index is 10.9. The fourth-order valence-corrected chi connectivity index (χ4v) is 3.19. The first-order chi connectivity index (χ1) is 8.08. The van der Waals surface area contributed by atoms with Crippen LogP contribution < -0.4 is 0 Å². The molecule has 2 fully saturated rings. The van der Waals surface area contributed by atoms with Gasteiger partial charge in [-0.15, -0.1) is 0 Å². The monoisotopic (exact) mass is 241 g/mol. The molecular weight excluding hydrogens is 218 g/mol. The molecule has 2 atom stereocenters. The van der Waals surface area contributed by atoms with E-state index in [0.29, 0.717) is 12.0 Å². The van der Waals surface area contributed by atoms with Crippen molar-refractivity contribution in [1.29, 1.82) is 0 Å². The summed E-state index contributed by atoms with van der Waals surface area (Å²) < 4.78 is 0. The Kier molecular flexibility index (Phi) is 4.05. The summed E-state index contributed by atoms with van der Waals surface area (Å²) in [7, 11) is 0. The van der Waals surface area contributed by atoms with Crippen LogP contribution >= 0.6 is 0 Å². The van der Waals surface area contributed by atoms with Crippen molar-refractivity contribution in [3.63, 3.8) is 0 Å². The van der Waals surface area contributed by atoms with Gasteiger partial charge in [0.1, 0.15) is 0 Å². The van der Waals surface area contributed by atoms with Crippen LogP contribution in [0.3, 0.4) is 0 Å². The zero-order valence-corrected chi connectivity index (χ0v) is 10.5. The van der Waals surface area contributed by atoms with Crippen LogP contribution in [0.2, 0.25) is 0 Å². The normalized spacial score (nSPS) is 40.1. The van der Waals surface area contributed by atoms with E-state index in [9.17, 15) is 9.90 Å². The number of hydrogen-bond acceptors (Lipinski definition) is 3. The second kappa shape index (κ2) is 5.36. The summed E-state index contributed by atoms with van der Waals surface area (Å²) >= 11 is 0. The summed E-state index contributed by atoms with van der Waals surface area (Å²) in [6.45, 7) is 4.02. The van der Waals surface area contributed by atoms with E-state index < -0.39 is 5.97 Å². The van der Waals surface area contributed by atoms with Crippen LogP contribution in [0.5, 0.6) is 0 Å². The highest BCUT2D eigenvalue weighted by Gasteiger charge is 2.32. The van der Waals surface area contributed by atoms with Crippen LogP contribution in [-0.2, 0) is 4.79 Å². The quantitative estimate of drug-likeness (QED) is 0.765. The van der Waals surface area contributed by atoms with E-state index in [1.807, 2.05) is 0 Å². The molecule has 0 bridgehead atoms. The summed E-state index contributed by atoms with van der Waals surface area (Å²) in [5, 5.41) is 18.7. The first kappa shape index (κ1) is 12.8. The number of carboxylic acid groups (broad SMARTS) is 1. The number of rotatable bonds is 2. The molecule has 0 unspecified atom stereocenters. The molecule has 0 spiro atoms. The van der Waals surface area contributed by atoms with Crippen molar-refractivity contribution in [3.05, 3.63) is 0 Å². The minimum Gasteiger partial charge on any atom is -0.481 e. The van der Waals surface area contributed by atoms with E-state index in [1.54, 1.807) is 0 Å². The molecule has 1 aliphatic carbocycles. The minimum absolute atomic E-state index is 0.126. The molecule has 2 aliphatic rings. The standard InChI is InChI=1S/C13H23NO3/c1-9-8-14(7-6-12(9)15)11-4-2-10(3-5-11)13(16)17/h9-12,15H,2-8H2,1H3,(H,16,17)/t9-,10?,11?,12-/m0/s1. The molecule has 4 heteroatoms. The average Bonchev–Trinajstić information content (AvgIpc) is 2.33. The van der Waals surface area contributed by atoms with E-state index in [2.05, 4.69) is 11.8 Å². The molecule has 0 amide bonds. The highest BCUT2D eigenvalue weighted by molar-refractivity contribution is 5.70. The van der Waals surface area contributed by atoms with Crippen molar-refractivity contribution in [2.75, 3.05) is 13.1 Å². The highest BCUT2D eigenvalue weighted by atomic mass is 16.4. The molecule has 4 nitrogen and oxygen atoms in total. The number of aliphatic hydroxyl groups is 1. The van der Waals surface area contributed by atoms with Gasteiger partial charge in [0.25, 0.3) is 0 Å². The molecule has 0 aromatic heterocycles. The number of piperidine rings is 1. The van der Waals surface area contributed by atoms with Crippen molar-refractivity contribution >= 4 is 5.97 Å². The molecular formula is C13H23NO3. The zero-order valence-electron chi connectivity index (χ0n) is 10.5. The number of nitrogens with zero attached hydrogens (tertiary/aromatic N) is 1. The van der Waals surface area contributed by atoms with E-state index in [4.69, 9.17) is 5.11 Å². The Bertz CT molecular complexity index is 274. The molecule has 98 valence electrons. The zero-order chi connectivity index (χ0) is 12.4. The van der Waals surface area contributed by atoms with Crippen LogP contribution in [0.1, 0.15) is 39.0 Å². The Morgan fingerprint density at radius 2 is 1.82 bits per heavy atom. The number of hydrogen-bond donors (Lipinski definition) is 2. The molecule has 1 saturated heterocycles. The van der Waals surface area contributed by atoms with Gasteiger partial charge >= 0.3 is 5.97 Å². The van der Waals surface area contributed by atoms with Crippen LogP contribution in [0, 0.1) is 11.8 Å². The van der Waals surface area contributed by atoms with E-state index in [1.165, 1.54) is 0 Å². The lowest BCUT2D eigenvalue weighted by molar-refractivity contribution is -0.143. The Balaban J connectivity index is 1.83. The molecule has 17 heavy (non-hydrogen) atoms. The van der Waals surface area contributed by atoms with Crippen LogP contribution in [0.15, 0.2) is 0 Å². The summed E-state index contributed by atoms with van der Waals surface area (Å²) in [6, 6.07) is 0.542. The molecule has 0 aromatic rings. The van der Waals surface area contributed by atoms with Gasteiger partial charge in [-0.25, -0.2) is 0 Å². The third-order valence-electron chi connectivity index (χ3n) is 4.45. The Morgan fingerprint density at radius 1 is 1.18 bits per heavy atom. The summed E-state index contributed by atoms with van der Waals surface area (Å²) in [6.07, 6.45) is 4.34. The highest BCUT2D eigenvalue weighted by Crippen LogP contribution is 2.30. The van der Waals surface area contributed by atoms with Crippen LogP contribution in [-0.4, -0.2) is 46.3 Å². The van der Waals surface area contributed by atoms with Gasteiger partial charge in [0.05, 0.1) is 12.0 Å². The second-order valence-corrected chi connectivity index (χ2v) is 5.67. The maximum Gasteiger partial charge on any atom is 0.306 e. The lowest BCUT2D eigenvalue weighted by Crippen LogP contribution is -2.48. The molecule has 1 saturated carbocycles. The number of carbonyl (C=O) groups is 1. The Hall–Kier alpha value is -0.610. The summed E-state index contributed by atoms with van der Waals surface area (Å²) in [4.78, 5) is 13.3. The predicted octanol–water partition coefficient (Wildman–Crippen LogP) is 1.33.